The molecule has 0 radical (unpaired) electrons. The highest BCUT2D eigenvalue weighted by Gasteiger charge is 2.54. The first kappa shape index (κ1) is 46.5. The molecular weight excluding hydrogens is 778 g/mol. The number of hydrogen-bond donors (Lipinski definition) is 0. The van der Waals surface area contributed by atoms with Gasteiger partial charge < -0.3 is 18.6 Å². The lowest BCUT2D eigenvalue weighted by Crippen LogP contribution is -2.55. The van der Waals surface area contributed by atoms with Crippen LogP contribution in [0.1, 0.15) is 157 Å². The highest BCUT2D eigenvalue weighted by atomic mass is 32.1. The Balaban J connectivity index is 0.000000219. The van der Waals surface area contributed by atoms with Gasteiger partial charge >= 0.3 is 14.2 Å². The number of hydrogen-bond acceptors (Lipinski definition) is 6. The molecule has 5 heterocycles. The Morgan fingerprint density at radius 1 is 0.492 bits per heavy atom. The first-order valence-corrected chi connectivity index (χ1v) is 27.1. The Bertz CT molecular complexity index is 1900. The smallest absolute Gasteiger partial charge is 0.399 e. The SMILES string of the molecule is CC1(C)OB(c2ccc(B3OC(C)(C)C(C)(C)O3)s2)OC1(C)C.CCCCCCCC[Si]1(CCCCCCCC)c2cc(C)ccc2-c2ccc(-c3ccc(C)s3)cc21. The zero-order valence-electron chi connectivity index (χ0n) is 38.8. The third-order valence-electron chi connectivity index (χ3n) is 14.1. The maximum Gasteiger partial charge on any atom is 0.505 e. The Labute approximate surface area is 368 Å². The van der Waals surface area contributed by atoms with Crippen LogP contribution >= 0.6 is 22.7 Å². The second-order valence-electron chi connectivity index (χ2n) is 19.8. The van der Waals surface area contributed by atoms with Crippen LogP contribution < -0.4 is 19.9 Å². The molecule has 0 bridgehead atoms. The zero-order valence-corrected chi connectivity index (χ0v) is 41.4. The van der Waals surface area contributed by atoms with Crippen molar-refractivity contribution < 1.29 is 18.6 Å². The molecular formula is C50H74B2O4S2Si. The molecule has 2 saturated heterocycles. The van der Waals surface area contributed by atoms with Crippen LogP contribution in [-0.2, 0) is 18.6 Å². The number of unbranched alkanes of at least 4 members (excludes halogenated alkanes) is 10. The van der Waals surface area contributed by atoms with E-state index in [1.165, 1.54) is 110 Å². The summed E-state index contributed by atoms with van der Waals surface area (Å²) >= 11 is 3.58. The molecule has 7 rings (SSSR count). The predicted octanol–water partition coefficient (Wildman–Crippen LogP) is 12.6. The van der Waals surface area contributed by atoms with E-state index in [2.05, 4.69) is 132 Å². The fourth-order valence-electron chi connectivity index (χ4n) is 8.97. The van der Waals surface area contributed by atoms with Crippen molar-refractivity contribution in [3.05, 3.63) is 71.1 Å². The normalized spacial score (nSPS) is 19.1. The van der Waals surface area contributed by atoms with Crippen LogP contribution in [0.5, 0.6) is 0 Å². The maximum atomic E-state index is 6.11. The van der Waals surface area contributed by atoms with Crippen molar-refractivity contribution in [1.29, 1.82) is 0 Å². The molecule has 2 aromatic carbocycles. The summed E-state index contributed by atoms with van der Waals surface area (Å²) in [6.07, 6.45) is 16.7. The molecule has 0 atom stereocenters. The third kappa shape index (κ3) is 10.3. The fraction of sp³-hybridized carbons (Fsp3) is 0.600. The molecule has 4 aromatic rings. The lowest BCUT2D eigenvalue weighted by molar-refractivity contribution is 0.00578. The molecule has 4 nitrogen and oxygen atoms in total. The van der Waals surface area contributed by atoms with Crippen molar-refractivity contribution in [2.24, 2.45) is 0 Å². The molecule has 2 aromatic heterocycles. The van der Waals surface area contributed by atoms with Crippen molar-refractivity contribution in [3.63, 3.8) is 0 Å². The van der Waals surface area contributed by atoms with Gasteiger partial charge in [-0.1, -0.05) is 145 Å². The molecule has 0 unspecified atom stereocenters. The van der Waals surface area contributed by atoms with E-state index in [0.29, 0.717) is 0 Å². The summed E-state index contributed by atoms with van der Waals surface area (Å²) in [5.74, 6) is 0. The Morgan fingerprint density at radius 3 is 1.39 bits per heavy atom. The highest BCUT2D eigenvalue weighted by molar-refractivity contribution is 7.30. The van der Waals surface area contributed by atoms with Gasteiger partial charge in [0.2, 0.25) is 0 Å². The van der Waals surface area contributed by atoms with Crippen molar-refractivity contribution >= 4 is 64.9 Å². The van der Waals surface area contributed by atoms with Gasteiger partial charge in [-0.3, -0.25) is 0 Å². The first-order chi connectivity index (χ1) is 27.9. The molecule has 0 aliphatic carbocycles. The molecule has 0 spiro atoms. The minimum atomic E-state index is -1.79. The van der Waals surface area contributed by atoms with Crippen molar-refractivity contribution in [2.45, 2.75) is 195 Å². The van der Waals surface area contributed by atoms with Crippen LogP contribution in [0.25, 0.3) is 21.6 Å². The van der Waals surface area contributed by atoms with Gasteiger partial charge in [-0.2, -0.15) is 11.3 Å². The maximum absolute atomic E-state index is 6.11. The lowest BCUT2D eigenvalue weighted by Gasteiger charge is -2.32. The molecule has 0 N–H and O–H groups in total. The van der Waals surface area contributed by atoms with Gasteiger partial charge in [0.1, 0.15) is 8.07 Å². The van der Waals surface area contributed by atoms with Gasteiger partial charge in [0.05, 0.1) is 22.4 Å². The van der Waals surface area contributed by atoms with E-state index in [9.17, 15) is 0 Å². The van der Waals surface area contributed by atoms with E-state index < -0.39 is 8.07 Å². The minimum absolute atomic E-state index is 0.327. The summed E-state index contributed by atoms with van der Waals surface area (Å²) < 4.78 is 26.6. The molecule has 2 fully saturated rings. The number of thiophene rings is 2. The summed E-state index contributed by atoms with van der Waals surface area (Å²) in [5, 5.41) is 3.52. The quantitative estimate of drug-likeness (QED) is 0.0783. The second-order valence-corrected chi connectivity index (χ2v) is 26.4. The standard InChI is InChI=1S/C34H48SSi.C16H26B2O4S/c1-5-7-9-11-13-15-23-36(24-16-14-12-10-8-6-2)33-25-27(3)17-20-30(33)31-21-19-29(26-34(31)36)32-22-18-28(4)35-32;1-13(2)14(3,4)20-17(19-13)11-9-10-12(23-11)18-21-15(5,6)16(7,8)22-18/h17-22,25-26H,5-16,23-24H2,1-4H3;9-10H,1-8H3. The summed E-state index contributed by atoms with van der Waals surface area (Å²) in [5.41, 5.74) is 4.70. The number of fused-ring (bicyclic) bond motifs is 3. The monoisotopic (exact) mass is 852 g/mol. The van der Waals surface area contributed by atoms with Crippen LogP contribution in [0, 0.1) is 13.8 Å². The van der Waals surface area contributed by atoms with E-state index in [1.54, 1.807) is 32.8 Å². The molecule has 0 saturated carbocycles. The van der Waals surface area contributed by atoms with Crippen LogP contribution in [0.15, 0.2) is 60.7 Å². The van der Waals surface area contributed by atoms with Crippen LogP contribution in [0.3, 0.4) is 0 Å². The topological polar surface area (TPSA) is 36.9 Å². The number of benzene rings is 2. The fourth-order valence-corrected chi connectivity index (χ4v) is 16.5. The Hall–Kier alpha value is -1.97. The van der Waals surface area contributed by atoms with E-state index in [0.717, 1.165) is 9.55 Å². The van der Waals surface area contributed by atoms with Gasteiger partial charge in [0.15, 0.2) is 0 Å². The third-order valence-corrected chi connectivity index (χ3v) is 21.6. The Morgan fingerprint density at radius 2 is 0.932 bits per heavy atom. The largest absolute Gasteiger partial charge is 0.505 e. The molecule has 9 heteroatoms. The molecule has 3 aliphatic heterocycles. The average molecular weight is 853 g/mol. The summed E-state index contributed by atoms with van der Waals surface area (Å²) in [4.78, 5) is 2.84. The molecule has 320 valence electrons. The van der Waals surface area contributed by atoms with E-state index in [4.69, 9.17) is 18.6 Å². The van der Waals surface area contributed by atoms with Gasteiger partial charge in [-0.25, -0.2) is 0 Å². The highest BCUT2D eigenvalue weighted by Crippen LogP contribution is 2.40. The van der Waals surface area contributed by atoms with Gasteiger partial charge in [0.25, 0.3) is 0 Å². The second kappa shape index (κ2) is 19.2. The molecule has 3 aliphatic rings. The van der Waals surface area contributed by atoms with Crippen LogP contribution in [-0.4, -0.2) is 44.7 Å². The van der Waals surface area contributed by atoms with Crippen molar-refractivity contribution in [2.75, 3.05) is 0 Å². The number of rotatable bonds is 17. The van der Waals surface area contributed by atoms with Crippen LogP contribution in [0.4, 0.5) is 0 Å². The van der Waals surface area contributed by atoms with Crippen LogP contribution in [0.2, 0.25) is 12.1 Å². The summed E-state index contributed by atoms with van der Waals surface area (Å²) in [6, 6.07) is 26.5. The van der Waals surface area contributed by atoms with Crippen molar-refractivity contribution in [1.82, 2.24) is 0 Å². The predicted molar refractivity (Wildman–Crippen MR) is 262 cm³/mol. The van der Waals surface area contributed by atoms with Gasteiger partial charge in [-0.15, -0.1) is 11.3 Å². The summed E-state index contributed by atoms with van der Waals surface area (Å²) in [6.45, 7) is 25.7. The summed E-state index contributed by atoms with van der Waals surface area (Å²) in [7, 11) is -2.46. The van der Waals surface area contributed by atoms with E-state index >= 15 is 0 Å². The number of aryl methyl sites for hydroxylation is 2. The zero-order chi connectivity index (χ0) is 42.6. The van der Waals surface area contributed by atoms with Crippen molar-refractivity contribution in [3.8, 4) is 21.6 Å². The van der Waals surface area contributed by atoms with E-state index in [1.807, 2.05) is 23.5 Å². The lowest BCUT2D eigenvalue weighted by atomic mass is 9.86. The van der Waals surface area contributed by atoms with Gasteiger partial charge in [-0.05, 0) is 121 Å². The first-order valence-electron chi connectivity index (χ1n) is 23.1. The Kier molecular flexibility index (Phi) is 15.1. The average Bonchev–Trinajstić information content (AvgIpc) is 3.98. The van der Waals surface area contributed by atoms with Gasteiger partial charge in [0, 0.05) is 19.3 Å². The molecule has 59 heavy (non-hydrogen) atoms. The van der Waals surface area contributed by atoms with E-state index in [-0.39, 0.29) is 36.6 Å². The minimum Gasteiger partial charge on any atom is -0.399 e. The molecule has 0 amide bonds.